The molecule has 5 N–H and O–H groups in total. The molecule has 3 aromatic rings. The fourth-order valence-electron chi connectivity index (χ4n) is 2.42. The molecule has 29 heavy (non-hydrogen) atoms. The molecule has 2 aromatic carbocycles. The summed E-state index contributed by atoms with van der Waals surface area (Å²) in [6.07, 6.45) is 0. The summed E-state index contributed by atoms with van der Waals surface area (Å²) in [6, 6.07) is 12.5. The Bertz CT molecular complexity index is 1070. The molecule has 0 saturated carbocycles. The number of carbonyl (C=O) groups is 2. The van der Waals surface area contributed by atoms with E-state index in [0.717, 1.165) is 12.1 Å². The van der Waals surface area contributed by atoms with Gasteiger partial charge in [0.25, 0.3) is 11.8 Å². The van der Waals surface area contributed by atoms with E-state index < -0.39 is 23.2 Å². The van der Waals surface area contributed by atoms with Gasteiger partial charge in [-0.25, -0.2) is 5.43 Å². The topological polar surface area (TPSA) is 131 Å². The van der Waals surface area contributed by atoms with Gasteiger partial charge in [-0.3, -0.25) is 9.59 Å². The summed E-state index contributed by atoms with van der Waals surface area (Å²) in [7, 11) is 0. The number of phenolic OH excluding ortho intramolecular Hbond substituents is 3. The minimum atomic E-state index is -0.706. The number of hydrogen-bond acceptors (Lipinski definition) is 7. The van der Waals surface area contributed by atoms with E-state index in [0.29, 0.717) is 21.8 Å². The second kappa shape index (κ2) is 8.44. The van der Waals surface area contributed by atoms with Crippen molar-refractivity contribution in [3.63, 3.8) is 0 Å². The van der Waals surface area contributed by atoms with Crippen molar-refractivity contribution in [1.29, 1.82) is 0 Å². The van der Waals surface area contributed by atoms with Crippen LogP contribution in [-0.4, -0.2) is 32.8 Å². The van der Waals surface area contributed by atoms with Crippen molar-refractivity contribution in [3.05, 3.63) is 69.9 Å². The Labute approximate surface area is 169 Å². The van der Waals surface area contributed by atoms with Gasteiger partial charge in [0.15, 0.2) is 17.2 Å². The summed E-state index contributed by atoms with van der Waals surface area (Å²) in [5.41, 5.74) is 3.96. The van der Waals surface area contributed by atoms with Crippen LogP contribution in [0.4, 0.5) is 5.69 Å². The molecule has 0 aliphatic rings. The standard InChI is InChI=1S/C20H17N3O5S/c1-11(22-23-19(27)13-9-15(24)18(26)16(25)10-13)12-4-2-5-14(8-12)21-20(28)17-6-3-7-29-17/h2-10,24-26H,1H3,(H,21,28)(H,23,27). The number of amides is 2. The number of rotatable bonds is 5. The van der Waals surface area contributed by atoms with E-state index in [2.05, 4.69) is 15.8 Å². The predicted molar refractivity (Wildman–Crippen MR) is 110 cm³/mol. The summed E-state index contributed by atoms with van der Waals surface area (Å²) in [5, 5.41) is 37.0. The van der Waals surface area contributed by atoms with Crippen LogP contribution >= 0.6 is 11.3 Å². The van der Waals surface area contributed by atoms with Gasteiger partial charge in [-0.05, 0) is 48.2 Å². The van der Waals surface area contributed by atoms with E-state index in [1.165, 1.54) is 11.3 Å². The summed E-state index contributed by atoms with van der Waals surface area (Å²) in [5.74, 6) is -2.85. The minimum absolute atomic E-state index is 0.0775. The highest BCUT2D eigenvalue weighted by atomic mass is 32.1. The molecular formula is C20H17N3O5S. The molecule has 1 heterocycles. The predicted octanol–water partition coefficient (Wildman–Crippen LogP) is 3.27. The number of nitrogens with zero attached hydrogens (tertiary/aromatic N) is 1. The number of carbonyl (C=O) groups excluding carboxylic acids is 2. The van der Waals surface area contributed by atoms with Crippen molar-refractivity contribution in [2.75, 3.05) is 5.32 Å². The second-order valence-corrected chi connectivity index (χ2v) is 6.96. The number of nitrogens with one attached hydrogen (secondary N) is 2. The number of anilines is 1. The van der Waals surface area contributed by atoms with Crippen molar-refractivity contribution in [1.82, 2.24) is 5.43 Å². The Morgan fingerprint density at radius 3 is 2.31 bits per heavy atom. The van der Waals surface area contributed by atoms with Crippen molar-refractivity contribution >= 4 is 34.6 Å². The van der Waals surface area contributed by atoms with Gasteiger partial charge in [0.2, 0.25) is 0 Å². The molecule has 0 saturated heterocycles. The highest BCUT2D eigenvalue weighted by Gasteiger charge is 2.13. The summed E-state index contributed by atoms with van der Waals surface area (Å²) >= 11 is 1.34. The molecule has 0 fully saturated rings. The van der Waals surface area contributed by atoms with Gasteiger partial charge in [0.1, 0.15) is 0 Å². The third kappa shape index (κ3) is 4.71. The van der Waals surface area contributed by atoms with Gasteiger partial charge in [0.05, 0.1) is 10.6 Å². The molecule has 0 atom stereocenters. The smallest absolute Gasteiger partial charge is 0.271 e. The first kappa shape index (κ1) is 19.9. The third-order valence-electron chi connectivity index (χ3n) is 3.94. The van der Waals surface area contributed by atoms with Crippen LogP contribution < -0.4 is 10.7 Å². The average Bonchev–Trinajstić information content (AvgIpc) is 3.25. The fraction of sp³-hybridized carbons (Fsp3) is 0.0500. The first-order valence-electron chi connectivity index (χ1n) is 8.40. The van der Waals surface area contributed by atoms with E-state index in [1.807, 2.05) is 5.38 Å². The molecule has 9 heteroatoms. The van der Waals surface area contributed by atoms with Crippen LogP contribution in [0.1, 0.15) is 32.5 Å². The maximum atomic E-state index is 12.2. The molecule has 0 aliphatic heterocycles. The van der Waals surface area contributed by atoms with Gasteiger partial charge in [0, 0.05) is 11.3 Å². The first-order chi connectivity index (χ1) is 13.8. The van der Waals surface area contributed by atoms with Crippen molar-refractivity contribution in [3.8, 4) is 17.2 Å². The molecule has 8 nitrogen and oxygen atoms in total. The second-order valence-electron chi connectivity index (χ2n) is 6.01. The van der Waals surface area contributed by atoms with Crippen LogP contribution in [0.25, 0.3) is 0 Å². The molecule has 148 valence electrons. The van der Waals surface area contributed by atoms with E-state index >= 15 is 0 Å². The molecule has 0 bridgehead atoms. The largest absolute Gasteiger partial charge is 0.504 e. The lowest BCUT2D eigenvalue weighted by atomic mass is 10.1. The summed E-state index contributed by atoms with van der Waals surface area (Å²) in [4.78, 5) is 24.9. The van der Waals surface area contributed by atoms with Crippen LogP contribution in [0, 0.1) is 0 Å². The third-order valence-corrected chi connectivity index (χ3v) is 4.81. The van der Waals surface area contributed by atoms with Crippen molar-refractivity contribution < 1.29 is 24.9 Å². The van der Waals surface area contributed by atoms with Gasteiger partial charge < -0.3 is 20.6 Å². The molecule has 0 radical (unpaired) electrons. The zero-order valence-corrected chi connectivity index (χ0v) is 16.0. The SMILES string of the molecule is CC(=NNC(=O)c1cc(O)c(O)c(O)c1)c1cccc(NC(=O)c2cccs2)c1. The van der Waals surface area contributed by atoms with E-state index in [4.69, 9.17) is 0 Å². The normalized spacial score (nSPS) is 11.1. The molecule has 0 aliphatic carbocycles. The molecule has 2 amide bonds. The average molecular weight is 411 g/mol. The van der Waals surface area contributed by atoms with Crippen LogP contribution in [0.5, 0.6) is 17.2 Å². The number of aromatic hydroxyl groups is 3. The molecule has 3 rings (SSSR count). The first-order valence-corrected chi connectivity index (χ1v) is 9.28. The number of benzene rings is 2. The van der Waals surface area contributed by atoms with E-state index in [1.54, 1.807) is 43.3 Å². The molecule has 0 spiro atoms. The van der Waals surface area contributed by atoms with Crippen LogP contribution in [0.2, 0.25) is 0 Å². The zero-order chi connectivity index (χ0) is 21.0. The Kier molecular flexibility index (Phi) is 5.79. The van der Waals surface area contributed by atoms with Gasteiger partial charge in [-0.15, -0.1) is 11.3 Å². The number of hydrogen-bond donors (Lipinski definition) is 5. The Morgan fingerprint density at radius 2 is 1.66 bits per heavy atom. The Morgan fingerprint density at radius 1 is 0.931 bits per heavy atom. The molecule has 1 aromatic heterocycles. The zero-order valence-electron chi connectivity index (χ0n) is 15.2. The maximum Gasteiger partial charge on any atom is 0.271 e. The Balaban J connectivity index is 1.71. The lowest BCUT2D eigenvalue weighted by Gasteiger charge is -2.08. The Hall–Kier alpha value is -3.85. The number of phenols is 3. The minimum Gasteiger partial charge on any atom is -0.504 e. The van der Waals surface area contributed by atoms with E-state index in [9.17, 15) is 24.9 Å². The van der Waals surface area contributed by atoms with Gasteiger partial charge in [-0.2, -0.15) is 5.10 Å². The number of thiophene rings is 1. The van der Waals surface area contributed by atoms with Crippen LogP contribution in [0.15, 0.2) is 59.0 Å². The number of hydrazone groups is 1. The quantitative estimate of drug-likeness (QED) is 0.250. The fourth-order valence-corrected chi connectivity index (χ4v) is 3.04. The highest BCUT2D eigenvalue weighted by molar-refractivity contribution is 7.12. The highest BCUT2D eigenvalue weighted by Crippen LogP contribution is 2.35. The van der Waals surface area contributed by atoms with Gasteiger partial charge >= 0.3 is 0 Å². The lowest BCUT2D eigenvalue weighted by molar-refractivity contribution is 0.0953. The summed E-state index contributed by atoms with van der Waals surface area (Å²) in [6.45, 7) is 1.67. The van der Waals surface area contributed by atoms with Gasteiger partial charge in [-0.1, -0.05) is 18.2 Å². The lowest BCUT2D eigenvalue weighted by Crippen LogP contribution is -2.19. The maximum absolute atomic E-state index is 12.2. The van der Waals surface area contributed by atoms with Crippen LogP contribution in [-0.2, 0) is 0 Å². The molecular weight excluding hydrogens is 394 g/mol. The monoisotopic (exact) mass is 411 g/mol. The molecule has 0 unspecified atom stereocenters. The van der Waals surface area contributed by atoms with Crippen LogP contribution in [0.3, 0.4) is 0 Å². The van der Waals surface area contributed by atoms with E-state index in [-0.39, 0.29) is 11.5 Å². The van der Waals surface area contributed by atoms with Crippen molar-refractivity contribution in [2.45, 2.75) is 6.92 Å². The summed E-state index contributed by atoms with van der Waals surface area (Å²) < 4.78 is 0. The van der Waals surface area contributed by atoms with Crippen molar-refractivity contribution in [2.24, 2.45) is 5.10 Å².